The number of carbonyl (C=O) groups excluding carboxylic acids is 2. The van der Waals surface area contributed by atoms with E-state index in [0.29, 0.717) is 6.42 Å². The standard InChI is InChI=1S/C17H15N3O3/c21-10-12(8-11-4-2-1-3-5-11)20-13-9-14(22)15-16(17(13)23)19-7-6-18-15/h1-7,9,12,20-21H,8,10H2/t12-/m0/s1. The molecule has 0 bridgehead atoms. The molecule has 1 aliphatic rings. The Hall–Kier alpha value is -2.86. The number of aliphatic hydroxyl groups is 1. The van der Waals surface area contributed by atoms with Crippen molar-refractivity contribution in [2.75, 3.05) is 6.61 Å². The Labute approximate surface area is 132 Å². The second-order valence-corrected chi connectivity index (χ2v) is 5.22. The summed E-state index contributed by atoms with van der Waals surface area (Å²) in [7, 11) is 0. The van der Waals surface area contributed by atoms with Crippen LogP contribution in [0.1, 0.15) is 26.5 Å². The van der Waals surface area contributed by atoms with Gasteiger partial charge in [-0.1, -0.05) is 30.3 Å². The van der Waals surface area contributed by atoms with Gasteiger partial charge in [-0.3, -0.25) is 9.59 Å². The monoisotopic (exact) mass is 309 g/mol. The van der Waals surface area contributed by atoms with Crippen molar-refractivity contribution in [2.45, 2.75) is 12.5 Å². The van der Waals surface area contributed by atoms with Crippen LogP contribution in [0, 0.1) is 0 Å². The predicted molar refractivity (Wildman–Crippen MR) is 82.9 cm³/mol. The van der Waals surface area contributed by atoms with Gasteiger partial charge < -0.3 is 10.4 Å². The van der Waals surface area contributed by atoms with Gasteiger partial charge in [-0.15, -0.1) is 0 Å². The van der Waals surface area contributed by atoms with Gasteiger partial charge in [0.1, 0.15) is 11.4 Å². The second kappa shape index (κ2) is 6.50. The fraction of sp³-hybridized carbons (Fsp3) is 0.176. The maximum absolute atomic E-state index is 12.4. The van der Waals surface area contributed by atoms with Crippen LogP contribution < -0.4 is 5.32 Å². The molecule has 0 fully saturated rings. The van der Waals surface area contributed by atoms with Gasteiger partial charge in [-0.05, 0) is 12.0 Å². The van der Waals surface area contributed by atoms with Crippen LogP contribution in [0.5, 0.6) is 0 Å². The first kappa shape index (κ1) is 15.1. The number of aliphatic hydroxyl groups excluding tert-OH is 1. The molecule has 0 unspecified atom stereocenters. The van der Waals surface area contributed by atoms with Gasteiger partial charge in [0, 0.05) is 18.5 Å². The van der Waals surface area contributed by atoms with Crippen LogP contribution in [-0.4, -0.2) is 39.3 Å². The average Bonchev–Trinajstić information content (AvgIpc) is 2.59. The average molecular weight is 309 g/mol. The van der Waals surface area contributed by atoms with E-state index >= 15 is 0 Å². The quantitative estimate of drug-likeness (QED) is 0.854. The number of carbonyl (C=O) groups is 2. The first-order valence-corrected chi connectivity index (χ1v) is 7.22. The molecule has 6 nitrogen and oxygen atoms in total. The summed E-state index contributed by atoms with van der Waals surface area (Å²) in [6, 6.07) is 9.22. The minimum atomic E-state index is -0.390. The van der Waals surface area contributed by atoms with Crippen molar-refractivity contribution >= 4 is 11.6 Å². The van der Waals surface area contributed by atoms with Crippen molar-refractivity contribution in [1.29, 1.82) is 0 Å². The van der Waals surface area contributed by atoms with E-state index in [-0.39, 0.29) is 41.3 Å². The van der Waals surface area contributed by atoms with Crippen LogP contribution >= 0.6 is 0 Å². The molecule has 0 saturated carbocycles. The molecule has 0 amide bonds. The Morgan fingerprint density at radius 1 is 1.04 bits per heavy atom. The lowest BCUT2D eigenvalue weighted by Crippen LogP contribution is -2.38. The molecular formula is C17H15N3O3. The van der Waals surface area contributed by atoms with Crippen LogP contribution in [0.2, 0.25) is 0 Å². The van der Waals surface area contributed by atoms with Crippen molar-refractivity contribution in [3.8, 4) is 0 Å². The number of nitrogens with one attached hydrogen (secondary N) is 1. The predicted octanol–water partition coefficient (Wildman–Crippen LogP) is 0.933. The molecule has 2 N–H and O–H groups in total. The zero-order chi connectivity index (χ0) is 16.2. The molecule has 23 heavy (non-hydrogen) atoms. The van der Waals surface area contributed by atoms with Crippen LogP contribution in [0.4, 0.5) is 0 Å². The largest absolute Gasteiger partial charge is 0.394 e. The number of Topliss-reactive ketones (excluding diaryl/α,β-unsaturated/α-hetero) is 1. The molecule has 0 radical (unpaired) electrons. The van der Waals surface area contributed by atoms with Crippen LogP contribution in [0.3, 0.4) is 0 Å². The van der Waals surface area contributed by atoms with E-state index in [1.807, 2.05) is 30.3 Å². The zero-order valence-electron chi connectivity index (χ0n) is 12.3. The Kier molecular flexibility index (Phi) is 4.25. The summed E-state index contributed by atoms with van der Waals surface area (Å²) in [6.45, 7) is -0.166. The molecule has 0 spiro atoms. The lowest BCUT2D eigenvalue weighted by atomic mass is 10.00. The molecule has 1 aliphatic carbocycles. The summed E-state index contributed by atoms with van der Waals surface area (Å²) >= 11 is 0. The van der Waals surface area contributed by atoms with E-state index in [1.54, 1.807) is 0 Å². The van der Waals surface area contributed by atoms with Crippen molar-refractivity contribution in [2.24, 2.45) is 0 Å². The maximum atomic E-state index is 12.4. The highest BCUT2D eigenvalue weighted by Crippen LogP contribution is 2.16. The number of nitrogens with zero attached hydrogens (tertiary/aromatic N) is 2. The SMILES string of the molecule is O=C1C=C(N[C@H](CO)Cc2ccccc2)C(=O)c2nccnc21. The fourth-order valence-corrected chi connectivity index (χ4v) is 2.46. The van der Waals surface area contributed by atoms with E-state index in [9.17, 15) is 14.7 Å². The van der Waals surface area contributed by atoms with E-state index in [1.165, 1.54) is 18.5 Å². The number of benzene rings is 1. The highest BCUT2D eigenvalue weighted by molar-refractivity contribution is 6.22. The molecular weight excluding hydrogens is 294 g/mol. The molecule has 0 saturated heterocycles. The highest BCUT2D eigenvalue weighted by atomic mass is 16.3. The third-order valence-corrected chi connectivity index (χ3v) is 3.57. The lowest BCUT2D eigenvalue weighted by molar-refractivity contribution is 0.0966. The van der Waals surface area contributed by atoms with Gasteiger partial charge >= 0.3 is 0 Å². The van der Waals surface area contributed by atoms with Gasteiger partial charge in [-0.25, -0.2) is 9.97 Å². The fourth-order valence-electron chi connectivity index (χ4n) is 2.46. The molecule has 1 atom stereocenters. The molecule has 1 aromatic carbocycles. The molecule has 116 valence electrons. The Morgan fingerprint density at radius 2 is 1.74 bits per heavy atom. The van der Waals surface area contributed by atoms with Crippen molar-refractivity contribution in [3.63, 3.8) is 0 Å². The number of aromatic nitrogens is 2. The number of fused-ring (bicyclic) bond motifs is 1. The Balaban J connectivity index is 1.79. The summed E-state index contributed by atoms with van der Waals surface area (Å²) in [5, 5.41) is 12.5. The van der Waals surface area contributed by atoms with E-state index in [4.69, 9.17) is 0 Å². The van der Waals surface area contributed by atoms with Gasteiger partial charge in [0.2, 0.25) is 11.6 Å². The van der Waals surface area contributed by atoms with Gasteiger partial charge in [0.05, 0.1) is 18.3 Å². The molecule has 0 aliphatic heterocycles. The minimum Gasteiger partial charge on any atom is -0.394 e. The van der Waals surface area contributed by atoms with Crippen LogP contribution in [0.25, 0.3) is 0 Å². The molecule has 6 heteroatoms. The zero-order valence-corrected chi connectivity index (χ0v) is 12.3. The number of ketones is 2. The third-order valence-electron chi connectivity index (χ3n) is 3.57. The smallest absolute Gasteiger partial charge is 0.229 e. The number of hydrogen-bond donors (Lipinski definition) is 2. The van der Waals surface area contributed by atoms with Crippen molar-refractivity contribution in [1.82, 2.24) is 15.3 Å². The van der Waals surface area contributed by atoms with Crippen LogP contribution in [0.15, 0.2) is 54.5 Å². The normalized spacial score (nSPS) is 14.9. The van der Waals surface area contributed by atoms with Crippen molar-refractivity contribution < 1.29 is 14.7 Å². The molecule has 1 aromatic heterocycles. The Bertz CT molecular complexity index is 772. The van der Waals surface area contributed by atoms with E-state index in [2.05, 4.69) is 15.3 Å². The molecule has 1 heterocycles. The first-order valence-electron chi connectivity index (χ1n) is 7.22. The van der Waals surface area contributed by atoms with E-state index < -0.39 is 0 Å². The van der Waals surface area contributed by atoms with E-state index in [0.717, 1.165) is 5.56 Å². The van der Waals surface area contributed by atoms with Gasteiger partial charge in [-0.2, -0.15) is 0 Å². The van der Waals surface area contributed by atoms with Gasteiger partial charge in [0.25, 0.3) is 0 Å². The lowest BCUT2D eigenvalue weighted by Gasteiger charge is -2.21. The third kappa shape index (κ3) is 3.17. The Morgan fingerprint density at radius 3 is 2.43 bits per heavy atom. The number of rotatable bonds is 5. The molecule has 3 rings (SSSR count). The highest BCUT2D eigenvalue weighted by Gasteiger charge is 2.29. The summed E-state index contributed by atoms with van der Waals surface area (Å²) in [5.74, 6) is -0.759. The number of hydrogen-bond acceptors (Lipinski definition) is 6. The first-order chi connectivity index (χ1) is 11.2. The molecule has 2 aromatic rings. The topological polar surface area (TPSA) is 92.2 Å². The number of allylic oxidation sites excluding steroid dienone is 2. The summed E-state index contributed by atoms with van der Waals surface area (Å²) in [6.07, 6.45) is 4.50. The summed E-state index contributed by atoms with van der Waals surface area (Å²) < 4.78 is 0. The summed E-state index contributed by atoms with van der Waals surface area (Å²) in [4.78, 5) is 32.3. The minimum absolute atomic E-state index is 0.0406. The van der Waals surface area contributed by atoms with Crippen LogP contribution in [-0.2, 0) is 6.42 Å². The van der Waals surface area contributed by atoms with Crippen molar-refractivity contribution in [3.05, 3.63) is 71.4 Å². The maximum Gasteiger partial charge on any atom is 0.229 e. The second-order valence-electron chi connectivity index (χ2n) is 5.22. The summed E-state index contributed by atoms with van der Waals surface area (Å²) in [5.41, 5.74) is 1.26. The van der Waals surface area contributed by atoms with Gasteiger partial charge in [0.15, 0.2) is 0 Å².